The molecule has 6 nitrogen and oxygen atoms in total. The van der Waals surface area contributed by atoms with Crippen molar-refractivity contribution in [2.75, 3.05) is 19.7 Å². The second-order valence-electron chi connectivity index (χ2n) is 6.64. The molecule has 1 fully saturated rings. The first kappa shape index (κ1) is 16.2. The number of rotatable bonds is 2. The summed E-state index contributed by atoms with van der Waals surface area (Å²) in [5.41, 5.74) is 2.18. The number of ether oxygens (including phenoxy) is 1. The summed E-state index contributed by atoms with van der Waals surface area (Å²) < 4.78 is 19.1. The van der Waals surface area contributed by atoms with Gasteiger partial charge in [0.25, 0.3) is 5.91 Å². The molecular weight excluding hydrogens is 325 g/mol. The van der Waals surface area contributed by atoms with Gasteiger partial charge in [-0.25, -0.2) is 4.39 Å². The van der Waals surface area contributed by atoms with E-state index in [1.807, 2.05) is 6.20 Å². The maximum atomic E-state index is 13.0. The van der Waals surface area contributed by atoms with Crippen molar-refractivity contribution in [2.45, 2.75) is 31.0 Å². The molecule has 2 N–H and O–H groups in total. The normalized spacial score (nSPS) is 20.3. The number of H-pyrrole nitrogens is 1. The van der Waals surface area contributed by atoms with Gasteiger partial charge < -0.3 is 14.7 Å². The summed E-state index contributed by atoms with van der Waals surface area (Å²) in [4.78, 5) is 14.2. The number of hydrogen-bond acceptors (Lipinski definition) is 4. The minimum absolute atomic E-state index is 0.359. The van der Waals surface area contributed by atoms with E-state index in [-0.39, 0.29) is 5.91 Å². The molecule has 7 heteroatoms. The van der Waals surface area contributed by atoms with Crippen molar-refractivity contribution in [1.29, 1.82) is 0 Å². The Bertz CT molecular complexity index is 766. The molecule has 1 spiro atoms. The molecule has 132 valence electrons. The van der Waals surface area contributed by atoms with Gasteiger partial charge in [0.15, 0.2) is 6.10 Å². The van der Waals surface area contributed by atoms with E-state index in [0.29, 0.717) is 38.1 Å². The highest BCUT2D eigenvalue weighted by Crippen LogP contribution is 2.40. The summed E-state index contributed by atoms with van der Waals surface area (Å²) in [5.74, 6) is -0.754. The quantitative estimate of drug-likeness (QED) is 0.868. The monoisotopic (exact) mass is 345 g/mol. The van der Waals surface area contributed by atoms with Crippen LogP contribution in [-0.2, 0) is 21.6 Å². The number of hydrogen-bond donors (Lipinski definition) is 2. The first-order valence-electron chi connectivity index (χ1n) is 8.48. The average Bonchev–Trinajstić information content (AvgIpc) is 3.12. The maximum absolute atomic E-state index is 13.0. The lowest BCUT2D eigenvalue weighted by Crippen LogP contribution is -2.49. The van der Waals surface area contributed by atoms with Crippen molar-refractivity contribution in [1.82, 2.24) is 15.1 Å². The molecule has 4 rings (SSSR count). The topological polar surface area (TPSA) is 78.4 Å². The molecule has 1 saturated heterocycles. The second-order valence-corrected chi connectivity index (χ2v) is 6.64. The molecule has 1 aromatic heterocycles. The van der Waals surface area contributed by atoms with Gasteiger partial charge in [-0.05, 0) is 42.5 Å². The first-order valence-corrected chi connectivity index (χ1v) is 8.48. The molecule has 2 aliphatic rings. The van der Waals surface area contributed by atoms with Crippen LogP contribution in [0.3, 0.4) is 0 Å². The molecule has 0 aliphatic carbocycles. The number of likely N-dealkylation sites (tertiary alicyclic amines) is 1. The zero-order chi connectivity index (χ0) is 17.4. The number of nitrogens with one attached hydrogen (secondary N) is 1. The maximum Gasteiger partial charge on any atom is 0.256 e. The van der Waals surface area contributed by atoms with Crippen LogP contribution in [0.1, 0.15) is 35.8 Å². The number of amides is 1. The lowest BCUT2D eigenvalue weighted by atomic mass is 9.83. The third-order valence-electron chi connectivity index (χ3n) is 5.23. The molecule has 1 aromatic carbocycles. The van der Waals surface area contributed by atoms with Crippen LogP contribution in [-0.4, -0.2) is 45.8 Å². The van der Waals surface area contributed by atoms with Crippen LogP contribution >= 0.6 is 0 Å². The van der Waals surface area contributed by atoms with Crippen molar-refractivity contribution in [3.05, 3.63) is 53.1 Å². The number of halogens is 1. The van der Waals surface area contributed by atoms with E-state index in [1.165, 1.54) is 29.8 Å². The van der Waals surface area contributed by atoms with E-state index >= 15 is 0 Å². The second kappa shape index (κ2) is 6.24. The summed E-state index contributed by atoms with van der Waals surface area (Å²) in [6.07, 6.45) is 2.73. The number of aliphatic hydroxyl groups is 1. The van der Waals surface area contributed by atoms with Gasteiger partial charge in [-0.15, -0.1) is 0 Å². The molecule has 3 heterocycles. The van der Waals surface area contributed by atoms with Crippen molar-refractivity contribution < 1.29 is 19.0 Å². The Labute approximate surface area is 144 Å². The van der Waals surface area contributed by atoms with Crippen LogP contribution in [0.4, 0.5) is 4.39 Å². The lowest BCUT2D eigenvalue weighted by Gasteiger charge is -2.43. The molecule has 0 saturated carbocycles. The fraction of sp³-hybridized carbons (Fsp3) is 0.444. The highest BCUT2D eigenvalue weighted by molar-refractivity contribution is 5.82. The van der Waals surface area contributed by atoms with Gasteiger partial charge in [-0.3, -0.25) is 9.89 Å². The largest absolute Gasteiger partial charge is 0.378 e. The number of aromatic nitrogens is 2. The van der Waals surface area contributed by atoms with Crippen molar-refractivity contribution in [3.8, 4) is 0 Å². The molecule has 1 unspecified atom stereocenters. The van der Waals surface area contributed by atoms with Gasteiger partial charge in [0, 0.05) is 13.1 Å². The third kappa shape index (κ3) is 2.83. The number of carbonyl (C=O) groups excluding carboxylic acids is 1. The van der Waals surface area contributed by atoms with Crippen molar-refractivity contribution >= 4 is 5.91 Å². The fourth-order valence-electron chi connectivity index (χ4n) is 3.77. The first-order chi connectivity index (χ1) is 12.1. The molecule has 1 atom stereocenters. The van der Waals surface area contributed by atoms with Gasteiger partial charge in [0.05, 0.1) is 18.5 Å². The Kier molecular flexibility index (Phi) is 4.05. The average molecular weight is 345 g/mol. The number of nitrogens with zero attached hydrogens (tertiary/aromatic N) is 2. The minimum Gasteiger partial charge on any atom is -0.378 e. The summed E-state index contributed by atoms with van der Waals surface area (Å²) in [7, 11) is 0. The molecule has 25 heavy (non-hydrogen) atoms. The Balaban J connectivity index is 1.45. The van der Waals surface area contributed by atoms with Crippen LogP contribution in [0.5, 0.6) is 0 Å². The number of aliphatic hydroxyl groups excluding tert-OH is 1. The van der Waals surface area contributed by atoms with E-state index in [0.717, 1.165) is 12.1 Å². The van der Waals surface area contributed by atoms with E-state index in [2.05, 4.69) is 10.2 Å². The summed E-state index contributed by atoms with van der Waals surface area (Å²) in [6, 6.07) is 5.36. The van der Waals surface area contributed by atoms with Gasteiger partial charge in [0.1, 0.15) is 11.4 Å². The molecule has 0 radical (unpaired) electrons. The van der Waals surface area contributed by atoms with Crippen LogP contribution < -0.4 is 0 Å². The Morgan fingerprint density at radius 1 is 1.32 bits per heavy atom. The Morgan fingerprint density at radius 2 is 2.04 bits per heavy atom. The number of carbonyl (C=O) groups is 1. The summed E-state index contributed by atoms with van der Waals surface area (Å²) in [5, 5.41) is 17.5. The molecule has 1 amide bonds. The predicted octanol–water partition coefficient (Wildman–Crippen LogP) is 1.67. The van der Waals surface area contributed by atoms with Crippen molar-refractivity contribution in [3.63, 3.8) is 0 Å². The molecule has 2 aliphatic heterocycles. The van der Waals surface area contributed by atoms with Crippen molar-refractivity contribution in [2.24, 2.45) is 0 Å². The van der Waals surface area contributed by atoms with E-state index in [4.69, 9.17) is 4.74 Å². The Morgan fingerprint density at radius 3 is 2.76 bits per heavy atom. The molecule has 0 bridgehead atoms. The number of aromatic amines is 1. The van der Waals surface area contributed by atoms with Crippen LogP contribution in [0.15, 0.2) is 30.5 Å². The van der Waals surface area contributed by atoms with Gasteiger partial charge in [-0.1, -0.05) is 12.1 Å². The van der Waals surface area contributed by atoms with Crippen LogP contribution in [0.25, 0.3) is 0 Å². The highest BCUT2D eigenvalue weighted by atomic mass is 19.1. The lowest BCUT2D eigenvalue weighted by molar-refractivity contribution is -0.149. The summed E-state index contributed by atoms with van der Waals surface area (Å²) >= 11 is 0. The zero-order valence-electron chi connectivity index (χ0n) is 13.7. The van der Waals surface area contributed by atoms with Gasteiger partial charge in [0.2, 0.25) is 0 Å². The van der Waals surface area contributed by atoms with Crippen LogP contribution in [0.2, 0.25) is 0 Å². The minimum atomic E-state index is -1.27. The highest BCUT2D eigenvalue weighted by Gasteiger charge is 2.43. The number of fused-ring (bicyclic) bond motifs is 2. The number of benzene rings is 1. The van der Waals surface area contributed by atoms with E-state index < -0.39 is 17.5 Å². The standard InChI is InChI=1S/C18H20FN3O3/c19-14-3-1-12(2-4-14)15(23)17(24)22-8-6-18(7-9-22)16-13(5-10-25-18)11-20-21-16/h1-4,11,15,23H,5-10H2,(H,20,21). The zero-order valence-corrected chi connectivity index (χ0v) is 13.7. The van der Waals surface area contributed by atoms with Gasteiger partial charge >= 0.3 is 0 Å². The number of piperidine rings is 1. The molecule has 2 aromatic rings. The predicted molar refractivity (Wildman–Crippen MR) is 87.1 cm³/mol. The Hall–Kier alpha value is -2.25. The van der Waals surface area contributed by atoms with E-state index in [1.54, 1.807) is 4.90 Å². The fourth-order valence-corrected chi connectivity index (χ4v) is 3.77. The van der Waals surface area contributed by atoms with E-state index in [9.17, 15) is 14.3 Å². The van der Waals surface area contributed by atoms with Gasteiger partial charge in [-0.2, -0.15) is 5.10 Å². The van der Waals surface area contributed by atoms with Crippen LogP contribution in [0, 0.1) is 5.82 Å². The SMILES string of the molecule is O=C(C(O)c1ccc(F)cc1)N1CCC2(CC1)OCCc1cn[nH]c12. The summed E-state index contributed by atoms with van der Waals surface area (Å²) in [6.45, 7) is 1.64. The molecular formula is C18H20FN3O3. The smallest absolute Gasteiger partial charge is 0.256 e. The third-order valence-corrected chi connectivity index (χ3v) is 5.23.